The molecule has 6 nitrogen and oxygen atoms in total. The maximum Gasteiger partial charge on any atom is 0.306 e. The molecule has 2 aromatic carbocycles. The van der Waals surface area contributed by atoms with E-state index in [1.54, 1.807) is 24.3 Å². The smallest absolute Gasteiger partial charge is 0.306 e. The zero-order valence-electron chi connectivity index (χ0n) is 16.2. The molecule has 0 heterocycles. The van der Waals surface area contributed by atoms with Gasteiger partial charge in [-0.2, -0.15) is 0 Å². The Morgan fingerprint density at radius 1 is 0.897 bits per heavy atom. The maximum absolute atomic E-state index is 12.6. The molecule has 0 spiro atoms. The fourth-order valence-corrected chi connectivity index (χ4v) is 3.73. The minimum Gasteiger partial charge on any atom is -0.481 e. The van der Waals surface area contributed by atoms with Crippen LogP contribution in [-0.2, 0) is 9.59 Å². The van der Waals surface area contributed by atoms with Gasteiger partial charge in [0.1, 0.15) is 0 Å². The van der Waals surface area contributed by atoms with E-state index >= 15 is 0 Å². The minimum atomic E-state index is -0.762. The molecule has 0 aliphatic heterocycles. The topological polar surface area (TPSA) is 95.5 Å². The van der Waals surface area contributed by atoms with E-state index in [0.29, 0.717) is 31.2 Å². The third-order valence-electron chi connectivity index (χ3n) is 5.37. The van der Waals surface area contributed by atoms with Gasteiger partial charge in [0.2, 0.25) is 5.91 Å². The Kier molecular flexibility index (Phi) is 7.00. The lowest BCUT2D eigenvalue weighted by molar-refractivity contribution is -0.142. The van der Waals surface area contributed by atoms with Gasteiger partial charge in [0, 0.05) is 11.6 Å². The van der Waals surface area contributed by atoms with Crippen LogP contribution in [0.3, 0.4) is 0 Å². The highest BCUT2D eigenvalue weighted by molar-refractivity contribution is 5.94. The standard InChI is InChI=1S/C23H26N2O4/c26-21(24-19-13-11-18(12-14-19)23(28)29)15-20(16-7-3-1-4-8-16)25-22(27)17-9-5-2-6-10-17/h1-10,18-20H,11-15H2,(H,24,26)(H,25,27)(H,28,29). The monoisotopic (exact) mass is 394 g/mol. The molecule has 1 aliphatic rings. The van der Waals surface area contributed by atoms with Gasteiger partial charge < -0.3 is 15.7 Å². The Labute approximate surface area is 170 Å². The van der Waals surface area contributed by atoms with Crippen molar-refractivity contribution in [1.82, 2.24) is 10.6 Å². The number of carboxylic acid groups (broad SMARTS) is 1. The van der Waals surface area contributed by atoms with E-state index in [1.807, 2.05) is 36.4 Å². The first-order chi connectivity index (χ1) is 14.0. The van der Waals surface area contributed by atoms with Crippen LogP contribution in [0, 0.1) is 5.92 Å². The average Bonchev–Trinajstić information content (AvgIpc) is 2.75. The summed E-state index contributed by atoms with van der Waals surface area (Å²) in [5.74, 6) is -1.45. The molecule has 0 aromatic heterocycles. The van der Waals surface area contributed by atoms with Gasteiger partial charge in [-0.3, -0.25) is 14.4 Å². The molecule has 6 heteroatoms. The Balaban J connectivity index is 1.62. The van der Waals surface area contributed by atoms with Crippen LogP contribution in [0.2, 0.25) is 0 Å². The molecule has 2 aromatic rings. The van der Waals surface area contributed by atoms with E-state index in [4.69, 9.17) is 5.11 Å². The summed E-state index contributed by atoms with van der Waals surface area (Å²) in [6.07, 6.45) is 2.60. The zero-order chi connectivity index (χ0) is 20.6. The van der Waals surface area contributed by atoms with Crippen molar-refractivity contribution in [2.45, 2.75) is 44.2 Å². The summed E-state index contributed by atoms with van der Waals surface area (Å²) in [5, 5.41) is 15.1. The van der Waals surface area contributed by atoms with Crippen LogP contribution in [0.25, 0.3) is 0 Å². The molecule has 152 valence electrons. The number of carbonyl (C=O) groups excluding carboxylic acids is 2. The van der Waals surface area contributed by atoms with Crippen molar-refractivity contribution in [3.63, 3.8) is 0 Å². The summed E-state index contributed by atoms with van der Waals surface area (Å²) in [4.78, 5) is 36.3. The Morgan fingerprint density at radius 3 is 2.07 bits per heavy atom. The van der Waals surface area contributed by atoms with Crippen LogP contribution in [-0.4, -0.2) is 28.9 Å². The molecule has 29 heavy (non-hydrogen) atoms. The fourth-order valence-electron chi connectivity index (χ4n) is 3.73. The van der Waals surface area contributed by atoms with Crippen molar-refractivity contribution in [1.29, 1.82) is 0 Å². The summed E-state index contributed by atoms with van der Waals surface area (Å²) >= 11 is 0. The van der Waals surface area contributed by atoms with Crippen LogP contribution in [0.5, 0.6) is 0 Å². The van der Waals surface area contributed by atoms with Crippen LogP contribution in [0.1, 0.15) is 54.1 Å². The molecule has 3 N–H and O–H groups in total. The van der Waals surface area contributed by atoms with Crippen LogP contribution >= 0.6 is 0 Å². The lowest BCUT2D eigenvalue weighted by Gasteiger charge is -2.27. The Hall–Kier alpha value is -3.15. The summed E-state index contributed by atoms with van der Waals surface area (Å²) < 4.78 is 0. The first-order valence-corrected chi connectivity index (χ1v) is 9.96. The molecule has 2 amide bonds. The van der Waals surface area contributed by atoms with E-state index in [2.05, 4.69) is 10.6 Å². The number of benzene rings is 2. The van der Waals surface area contributed by atoms with Crippen molar-refractivity contribution < 1.29 is 19.5 Å². The van der Waals surface area contributed by atoms with E-state index in [-0.39, 0.29) is 30.2 Å². The van der Waals surface area contributed by atoms with Gasteiger partial charge in [0.05, 0.1) is 18.4 Å². The van der Waals surface area contributed by atoms with Gasteiger partial charge in [-0.05, 0) is 43.4 Å². The molecular formula is C23H26N2O4. The van der Waals surface area contributed by atoms with E-state index < -0.39 is 12.0 Å². The number of hydrogen-bond acceptors (Lipinski definition) is 3. The SMILES string of the molecule is O=C(CC(NC(=O)c1ccccc1)c1ccccc1)NC1CCC(C(=O)O)CC1. The highest BCUT2D eigenvalue weighted by atomic mass is 16.4. The second kappa shape index (κ2) is 9.87. The number of carboxylic acids is 1. The second-order valence-corrected chi connectivity index (χ2v) is 7.46. The largest absolute Gasteiger partial charge is 0.481 e. The third-order valence-corrected chi connectivity index (χ3v) is 5.37. The normalized spacial score (nSPS) is 19.7. The van der Waals surface area contributed by atoms with Gasteiger partial charge in [-0.25, -0.2) is 0 Å². The van der Waals surface area contributed by atoms with Gasteiger partial charge in [0.25, 0.3) is 5.91 Å². The minimum absolute atomic E-state index is 0.0145. The Bertz CT molecular complexity index is 830. The van der Waals surface area contributed by atoms with Crippen LogP contribution in [0.15, 0.2) is 60.7 Å². The van der Waals surface area contributed by atoms with Crippen molar-refractivity contribution >= 4 is 17.8 Å². The Morgan fingerprint density at radius 2 is 1.48 bits per heavy atom. The van der Waals surface area contributed by atoms with Crippen molar-refractivity contribution in [3.8, 4) is 0 Å². The molecule has 0 bridgehead atoms. The molecule has 1 atom stereocenters. The zero-order valence-corrected chi connectivity index (χ0v) is 16.2. The molecule has 0 saturated heterocycles. The second-order valence-electron chi connectivity index (χ2n) is 7.46. The van der Waals surface area contributed by atoms with Gasteiger partial charge >= 0.3 is 5.97 Å². The summed E-state index contributed by atoms with van der Waals surface area (Å²) in [6.45, 7) is 0. The summed E-state index contributed by atoms with van der Waals surface area (Å²) in [7, 11) is 0. The van der Waals surface area contributed by atoms with E-state index in [9.17, 15) is 14.4 Å². The quantitative estimate of drug-likeness (QED) is 0.671. The van der Waals surface area contributed by atoms with Crippen molar-refractivity contribution in [2.75, 3.05) is 0 Å². The predicted molar refractivity (Wildman–Crippen MR) is 109 cm³/mol. The van der Waals surface area contributed by atoms with E-state index in [1.165, 1.54) is 0 Å². The van der Waals surface area contributed by atoms with Crippen molar-refractivity contribution in [2.24, 2.45) is 5.92 Å². The van der Waals surface area contributed by atoms with Gasteiger partial charge in [0.15, 0.2) is 0 Å². The predicted octanol–water partition coefficient (Wildman–Crippen LogP) is 3.31. The van der Waals surface area contributed by atoms with Crippen LogP contribution < -0.4 is 10.6 Å². The number of carbonyl (C=O) groups is 3. The first-order valence-electron chi connectivity index (χ1n) is 9.96. The number of rotatable bonds is 7. The van der Waals surface area contributed by atoms with Crippen molar-refractivity contribution in [3.05, 3.63) is 71.8 Å². The first kappa shape index (κ1) is 20.6. The molecule has 0 radical (unpaired) electrons. The lowest BCUT2D eigenvalue weighted by atomic mass is 9.86. The molecule has 1 aliphatic carbocycles. The number of amides is 2. The average molecular weight is 394 g/mol. The number of hydrogen-bond donors (Lipinski definition) is 3. The fraction of sp³-hybridized carbons (Fsp3) is 0.348. The highest BCUT2D eigenvalue weighted by Crippen LogP contribution is 2.25. The van der Waals surface area contributed by atoms with Crippen LogP contribution in [0.4, 0.5) is 0 Å². The third kappa shape index (κ3) is 5.91. The molecule has 1 unspecified atom stereocenters. The number of nitrogens with one attached hydrogen (secondary N) is 2. The lowest BCUT2D eigenvalue weighted by Crippen LogP contribution is -2.41. The molecule has 1 fully saturated rings. The number of aliphatic carboxylic acids is 1. The van der Waals surface area contributed by atoms with E-state index in [0.717, 1.165) is 5.56 Å². The van der Waals surface area contributed by atoms with Gasteiger partial charge in [-0.15, -0.1) is 0 Å². The maximum atomic E-state index is 12.6. The molecule has 1 saturated carbocycles. The van der Waals surface area contributed by atoms with Gasteiger partial charge in [-0.1, -0.05) is 48.5 Å². The highest BCUT2D eigenvalue weighted by Gasteiger charge is 2.27. The summed E-state index contributed by atoms with van der Waals surface area (Å²) in [5.41, 5.74) is 1.40. The molecular weight excluding hydrogens is 368 g/mol. The molecule has 3 rings (SSSR count). The summed E-state index contributed by atoms with van der Waals surface area (Å²) in [6, 6.07) is 17.9.